The number of hydrogen-bond acceptors (Lipinski definition) is 8. The fourth-order valence-corrected chi connectivity index (χ4v) is 4.34. The number of nitrogens with zero attached hydrogens (tertiary/aromatic N) is 1. The first-order valence-corrected chi connectivity index (χ1v) is 11.9. The smallest absolute Gasteiger partial charge is 0.407 e. The number of carbonyl (C=O) groups excluding carboxylic acids is 5. The second kappa shape index (κ2) is 10.4. The SMILES string of the molecule is CC(C)(C)OC(=O)C[C@H](NC(=O)OCC1c2ccccc2-c2ccccc21)C(=O)ON1C(=O)CCC1=O. The van der Waals surface area contributed by atoms with Crippen molar-refractivity contribution in [2.24, 2.45) is 0 Å². The topological polar surface area (TPSA) is 128 Å². The predicted octanol–water partition coefficient (Wildman–Crippen LogP) is 3.23. The van der Waals surface area contributed by atoms with Crippen LogP contribution in [0, 0.1) is 0 Å². The van der Waals surface area contributed by atoms with E-state index in [1.807, 2.05) is 48.5 Å². The lowest BCUT2D eigenvalue weighted by Crippen LogP contribution is -2.47. The number of alkyl carbamates (subject to hydrolysis) is 1. The number of hydrogen-bond donors (Lipinski definition) is 1. The Morgan fingerprint density at radius 1 is 0.946 bits per heavy atom. The minimum atomic E-state index is -1.55. The van der Waals surface area contributed by atoms with Crippen LogP contribution in [0.5, 0.6) is 0 Å². The summed E-state index contributed by atoms with van der Waals surface area (Å²) in [6.45, 7) is 4.94. The molecule has 2 aromatic carbocycles. The summed E-state index contributed by atoms with van der Waals surface area (Å²) in [6, 6.07) is 14.1. The molecule has 3 amide bonds. The molecule has 0 radical (unpaired) electrons. The quantitative estimate of drug-likeness (QED) is 0.446. The van der Waals surface area contributed by atoms with Crippen LogP contribution in [0.3, 0.4) is 0 Å². The van der Waals surface area contributed by atoms with Crippen LogP contribution in [0.2, 0.25) is 0 Å². The molecule has 10 nitrogen and oxygen atoms in total. The number of amides is 3. The van der Waals surface area contributed by atoms with Crippen molar-refractivity contribution in [3.8, 4) is 11.1 Å². The number of hydroxylamine groups is 2. The molecule has 1 aliphatic carbocycles. The molecule has 0 bridgehead atoms. The van der Waals surface area contributed by atoms with Gasteiger partial charge in [-0.05, 0) is 43.0 Å². The van der Waals surface area contributed by atoms with Crippen molar-refractivity contribution in [3.05, 3.63) is 59.7 Å². The van der Waals surface area contributed by atoms with Gasteiger partial charge in [0, 0.05) is 18.8 Å². The molecule has 1 fully saturated rings. The first-order valence-electron chi connectivity index (χ1n) is 11.9. The van der Waals surface area contributed by atoms with Gasteiger partial charge in [0.2, 0.25) is 0 Å². The number of carbonyl (C=O) groups is 5. The summed E-state index contributed by atoms with van der Waals surface area (Å²) >= 11 is 0. The van der Waals surface area contributed by atoms with E-state index < -0.39 is 47.9 Å². The zero-order valence-corrected chi connectivity index (χ0v) is 20.8. The van der Waals surface area contributed by atoms with Gasteiger partial charge in [-0.2, -0.15) is 0 Å². The van der Waals surface area contributed by atoms with Crippen LogP contribution in [0.1, 0.15) is 57.1 Å². The molecule has 194 valence electrons. The summed E-state index contributed by atoms with van der Waals surface area (Å²) in [5, 5.41) is 2.67. The van der Waals surface area contributed by atoms with Crippen LogP contribution >= 0.6 is 0 Å². The van der Waals surface area contributed by atoms with Gasteiger partial charge in [0.25, 0.3) is 11.8 Å². The Balaban J connectivity index is 1.45. The molecule has 1 aliphatic heterocycles. The molecule has 0 aromatic heterocycles. The van der Waals surface area contributed by atoms with Crippen LogP contribution in [0.15, 0.2) is 48.5 Å². The third kappa shape index (κ3) is 5.96. The molecule has 0 unspecified atom stereocenters. The molecule has 0 spiro atoms. The van der Waals surface area contributed by atoms with Gasteiger partial charge >= 0.3 is 18.0 Å². The maximum absolute atomic E-state index is 12.8. The van der Waals surface area contributed by atoms with Crippen LogP contribution in [-0.2, 0) is 33.5 Å². The third-order valence-electron chi connectivity index (χ3n) is 5.90. The highest BCUT2D eigenvalue weighted by Gasteiger charge is 2.37. The number of benzene rings is 2. The highest BCUT2D eigenvalue weighted by Crippen LogP contribution is 2.44. The van der Waals surface area contributed by atoms with Gasteiger partial charge in [-0.25, -0.2) is 9.59 Å². The Labute approximate surface area is 213 Å². The maximum atomic E-state index is 12.8. The Kier molecular flexibility index (Phi) is 7.28. The normalized spacial score (nSPS) is 15.6. The van der Waals surface area contributed by atoms with Gasteiger partial charge in [-0.15, -0.1) is 5.06 Å². The van der Waals surface area contributed by atoms with Gasteiger partial charge < -0.3 is 19.6 Å². The average Bonchev–Trinajstić information content (AvgIpc) is 3.33. The van der Waals surface area contributed by atoms with E-state index in [2.05, 4.69) is 5.32 Å². The fraction of sp³-hybridized carbons (Fsp3) is 0.370. The van der Waals surface area contributed by atoms with E-state index in [-0.39, 0.29) is 25.4 Å². The van der Waals surface area contributed by atoms with Crippen molar-refractivity contribution < 1.29 is 38.3 Å². The molecule has 1 saturated heterocycles. The average molecular weight is 509 g/mol. The summed E-state index contributed by atoms with van der Waals surface area (Å²) in [7, 11) is 0. The number of ether oxygens (including phenoxy) is 2. The van der Waals surface area contributed by atoms with Gasteiger partial charge in [0.15, 0.2) is 0 Å². The Bertz CT molecular complexity index is 1190. The molecule has 2 aromatic rings. The Hall–Kier alpha value is -4.21. The number of imide groups is 1. The van der Waals surface area contributed by atoms with E-state index in [9.17, 15) is 24.0 Å². The van der Waals surface area contributed by atoms with Gasteiger partial charge in [0.05, 0.1) is 6.42 Å². The van der Waals surface area contributed by atoms with E-state index in [1.54, 1.807) is 20.8 Å². The van der Waals surface area contributed by atoms with Crippen molar-refractivity contribution in [3.63, 3.8) is 0 Å². The highest BCUT2D eigenvalue weighted by molar-refractivity contribution is 6.02. The molecule has 0 saturated carbocycles. The zero-order valence-electron chi connectivity index (χ0n) is 20.8. The maximum Gasteiger partial charge on any atom is 0.407 e. The predicted molar refractivity (Wildman–Crippen MR) is 130 cm³/mol. The molecule has 1 heterocycles. The Morgan fingerprint density at radius 2 is 1.49 bits per heavy atom. The minimum absolute atomic E-state index is 0.0167. The summed E-state index contributed by atoms with van der Waals surface area (Å²) in [5.41, 5.74) is 3.28. The van der Waals surface area contributed by atoms with Crippen LogP contribution < -0.4 is 5.32 Å². The van der Waals surface area contributed by atoms with Crippen LogP contribution in [0.25, 0.3) is 11.1 Å². The molecular weight excluding hydrogens is 480 g/mol. The Morgan fingerprint density at radius 3 is 2.03 bits per heavy atom. The lowest BCUT2D eigenvalue weighted by Gasteiger charge is -2.23. The first-order chi connectivity index (χ1) is 17.5. The van der Waals surface area contributed by atoms with Gasteiger partial charge in [-0.1, -0.05) is 48.5 Å². The van der Waals surface area contributed by atoms with Crippen LogP contribution in [0.4, 0.5) is 4.79 Å². The number of nitrogens with one attached hydrogen (secondary N) is 1. The summed E-state index contributed by atoms with van der Waals surface area (Å²) in [4.78, 5) is 66.5. The van der Waals surface area contributed by atoms with E-state index in [0.29, 0.717) is 5.06 Å². The molecule has 37 heavy (non-hydrogen) atoms. The van der Waals surface area contributed by atoms with Crippen LogP contribution in [-0.4, -0.2) is 53.2 Å². The second-order valence-electron chi connectivity index (χ2n) is 9.81. The van der Waals surface area contributed by atoms with Gasteiger partial charge in [0.1, 0.15) is 18.2 Å². The fourth-order valence-electron chi connectivity index (χ4n) is 4.34. The number of fused-ring (bicyclic) bond motifs is 3. The molecular formula is C27H28N2O8. The van der Waals surface area contributed by atoms with E-state index in [4.69, 9.17) is 14.3 Å². The van der Waals surface area contributed by atoms with E-state index in [0.717, 1.165) is 22.3 Å². The lowest BCUT2D eigenvalue weighted by atomic mass is 9.98. The van der Waals surface area contributed by atoms with Crippen molar-refractivity contribution in [1.82, 2.24) is 10.4 Å². The second-order valence-corrected chi connectivity index (χ2v) is 9.81. The van der Waals surface area contributed by atoms with E-state index >= 15 is 0 Å². The largest absolute Gasteiger partial charge is 0.460 e. The van der Waals surface area contributed by atoms with Crippen molar-refractivity contribution in [1.29, 1.82) is 0 Å². The van der Waals surface area contributed by atoms with Crippen molar-refractivity contribution >= 4 is 29.8 Å². The highest BCUT2D eigenvalue weighted by atomic mass is 16.7. The minimum Gasteiger partial charge on any atom is -0.460 e. The molecule has 2 aliphatic rings. The molecule has 10 heteroatoms. The third-order valence-corrected chi connectivity index (χ3v) is 5.90. The monoisotopic (exact) mass is 508 g/mol. The molecule has 4 rings (SSSR count). The lowest BCUT2D eigenvalue weighted by molar-refractivity contribution is -0.199. The first kappa shape index (κ1) is 25.9. The summed E-state index contributed by atoms with van der Waals surface area (Å²) in [5.74, 6) is -3.53. The number of esters is 1. The van der Waals surface area contributed by atoms with Crippen molar-refractivity contribution in [2.75, 3.05) is 6.61 Å². The summed E-state index contributed by atoms with van der Waals surface area (Å²) in [6.07, 6.45) is -1.74. The van der Waals surface area contributed by atoms with Gasteiger partial charge in [-0.3, -0.25) is 14.4 Å². The molecule has 1 atom stereocenters. The summed E-state index contributed by atoms with van der Waals surface area (Å²) < 4.78 is 10.7. The van der Waals surface area contributed by atoms with Crippen molar-refractivity contribution in [2.45, 2.75) is 57.6 Å². The number of rotatable bonds is 7. The molecule has 1 N–H and O–H groups in total. The zero-order chi connectivity index (χ0) is 26.7. The standard InChI is InChI=1S/C27H28N2O8/c1-27(2,3)36-24(32)14-21(25(33)37-29-22(30)12-13-23(29)31)28-26(34)35-15-20-18-10-6-4-8-16(18)17-9-5-7-11-19(17)20/h4-11,20-21H,12-15H2,1-3H3,(H,28,34)/t21-/m0/s1. The van der Waals surface area contributed by atoms with E-state index in [1.165, 1.54) is 0 Å².